The number of amides is 1. The molecule has 1 aliphatic rings. The first kappa shape index (κ1) is 15.9. The fourth-order valence-electron chi connectivity index (χ4n) is 3.60. The Bertz CT molecular complexity index is 870. The molecule has 0 saturated carbocycles. The molecule has 0 radical (unpaired) electrons. The highest BCUT2D eigenvalue weighted by Gasteiger charge is 2.28. The van der Waals surface area contributed by atoms with Gasteiger partial charge >= 0.3 is 0 Å². The van der Waals surface area contributed by atoms with Gasteiger partial charge in [-0.3, -0.25) is 9.69 Å². The molecule has 3 nitrogen and oxygen atoms in total. The molecule has 3 aromatic rings. The molecular formula is C22H22N2O. The number of hydrogen-bond donors (Lipinski definition) is 1. The van der Waals surface area contributed by atoms with Gasteiger partial charge in [-0.1, -0.05) is 66.7 Å². The van der Waals surface area contributed by atoms with Crippen molar-refractivity contribution in [3.63, 3.8) is 0 Å². The first-order valence-electron chi connectivity index (χ1n) is 8.84. The van der Waals surface area contributed by atoms with Gasteiger partial charge in [-0.15, -0.1) is 0 Å². The topological polar surface area (TPSA) is 32.3 Å². The smallest absolute Gasteiger partial charge is 0.228 e. The molecule has 4 rings (SSSR count). The van der Waals surface area contributed by atoms with Crippen molar-refractivity contribution < 1.29 is 4.79 Å². The number of hydrogen-bond acceptors (Lipinski definition) is 2. The lowest BCUT2D eigenvalue weighted by atomic mass is 10.1. The minimum absolute atomic E-state index is 0.0580. The number of anilines is 1. The molecule has 1 amide bonds. The van der Waals surface area contributed by atoms with Gasteiger partial charge in [0.1, 0.15) is 0 Å². The van der Waals surface area contributed by atoms with Crippen LogP contribution in [0.5, 0.6) is 0 Å². The van der Waals surface area contributed by atoms with Gasteiger partial charge in [0.2, 0.25) is 5.91 Å². The highest BCUT2D eigenvalue weighted by molar-refractivity contribution is 6.02. The van der Waals surface area contributed by atoms with E-state index in [4.69, 9.17) is 0 Å². The number of nitrogens with one attached hydrogen (secondary N) is 1. The normalized spacial score (nSPS) is 17.7. The highest BCUT2D eigenvalue weighted by atomic mass is 16.1. The fourth-order valence-corrected chi connectivity index (χ4v) is 3.60. The molecule has 1 fully saturated rings. The van der Waals surface area contributed by atoms with E-state index >= 15 is 0 Å². The van der Waals surface area contributed by atoms with Crippen LogP contribution in [0.25, 0.3) is 10.8 Å². The van der Waals surface area contributed by atoms with Crippen molar-refractivity contribution in [3.8, 4) is 0 Å². The third kappa shape index (κ3) is 3.57. The molecule has 3 heteroatoms. The molecule has 3 aromatic carbocycles. The van der Waals surface area contributed by atoms with E-state index < -0.39 is 0 Å². The number of benzene rings is 3. The third-order valence-electron chi connectivity index (χ3n) is 4.94. The van der Waals surface area contributed by atoms with Crippen molar-refractivity contribution in [1.82, 2.24) is 4.90 Å². The van der Waals surface area contributed by atoms with Crippen molar-refractivity contribution in [1.29, 1.82) is 0 Å². The quantitative estimate of drug-likeness (QED) is 0.773. The maximum atomic E-state index is 12.7. The fraction of sp³-hybridized carbons (Fsp3) is 0.227. The maximum Gasteiger partial charge on any atom is 0.228 e. The van der Waals surface area contributed by atoms with Gasteiger partial charge in [-0.25, -0.2) is 0 Å². The molecule has 126 valence electrons. The largest absolute Gasteiger partial charge is 0.325 e. The summed E-state index contributed by atoms with van der Waals surface area (Å²) in [5, 5.41) is 5.39. The minimum Gasteiger partial charge on any atom is -0.325 e. The Hall–Kier alpha value is -2.65. The summed E-state index contributed by atoms with van der Waals surface area (Å²) < 4.78 is 0. The number of carbonyl (C=O) groups excluding carboxylic acids is 1. The molecule has 1 unspecified atom stereocenters. The summed E-state index contributed by atoms with van der Waals surface area (Å²) in [6.07, 6.45) is 0.920. The minimum atomic E-state index is 0.0580. The summed E-state index contributed by atoms with van der Waals surface area (Å²) in [6, 6.07) is 24.7. The van der Waals surface area contributed by atoms with Gasteiger partial charge < -0.3 is 5.32 Å². The van der Waals surface area contributed by atoms with Crippen LogP contribution in [0, 0.1) is 5.92 Å². The Morgan fingerprint density at radius 3 is 2.60 bits per heavy atom. The molecule has 1 saturated heterocycles. The molecule has 0 aromatic heterocycles. The number of rotatable bonds is 4. The van der Waals surface area contributed by atoms with E-state index in [2.05, 4.69) is 52.7 Å². The Labute approximate surface area is 148 Å². The number of fused-ring (bicyclic) bond motifs is 1. The van der Waals surface area contributed by atoms with Crippen LogP contribution in [0.2, 0.25) is 0 Å². The lowest BCUT2D eigenvalue weighted by molar-refractivity contribution is -0.119. The second-order valence-corrected chi connectivity index (χ2v) is 6.72. The van der Waals surface area contributed by atoms with Crippen molar-refractivity contribution in [2.75, 3.05) is 18.4 Å². The zero-order valence-corrected chi connectivity index (χ0v) is 14.2. The molecule has 1 N–H and O–H groups in total. The highest BCUT2D eigenvalue weighted by Crippen LogP contribution is 2.25. The summed E-state index contributed by atoms with van der Waals surface area (Å²) in [5.41, 5.74) is 2.21. The standard InChI is InChI=1S/C22H22N2O/c25-22(23-21-12-6-10-18-9-4-5-11-20(18)21)19-13-14-24(16-19)15-17-7-2-1-3-8-17/h1-12,19H,13-16H2,(H,23,25). The summed E-state index contributed by atoms with van der Waals surface area (Å²) in [4.78, 5) is 15.1. The van der Waals surface area contributed by atoms with E-state index in [1.54, 1.807) is 0 Å². The zero-order valence-electron chi connectivity index (χ0n) is 14.2. The van der Waals surface area contributed by atoms with Crippen LogP contribution >= 0.6 is 0 Å². The summed E-state index contributed by atoms with van der Waals surface area (Å²) in [6.45, 7) is 2.72. The first-order chi connectivity index (χ1) is 12.3. The van der Waals surface area contributed by atoms with E-state index in [9.17, 15) is 4.79 Å². The van der Waals surface area contributed by atoms with Crippen molar-refractivity contribution in [2.45, 2.75) is 13.0 Å². The summed E-state index contributed by atoms with van der Waals surface area (Å²) >= 11 is 0. The van der Waals surface area contributed by atoms with E-state index in [1.807, 2.05) is 30.3 Å². The molecule has 1 atom stereocenters. The third-order valence-corrected chi connectivity index (χ3v) is 4.94. The van der Waals surface area contributed by atoms with Crippen LogP contribution < -0.4 is 5.32 Å². The number of likely N-dealkylation sites (tertiary alicyclic amines) is 1. The maximum absolute atomic E-state index is 12.7. The second-order valence-electron chi connectivity index (χ2n) is 6.72. The van der Waals surface area contributed by atoms with Crippen LogP contribution in [0.3, 0.4) is 0 Å². The van der Waals surface area contributed by atoms with Crippen LogP contribution in [0.1, 0.15) is 12.0 Å². The molecule has 0 spiro atoms. The van der Waals surface area contributed by atoms with E-state index in [1.165, 1.54) is 5.56 Å². The van der Waals surface area contributed by atoms with Crippen molar-refractivity contribution >= 4 is 22.4 Å². The van der Waals surface area contributed by atoms with Gasteiger partial charge in [0.15, 0.2) is 0 Å². The first-order valence-corrected chi connectivity index (χ1v) is 8.84. The van der Waals surface area contributed by atoms with Crippen LogP contribution in [-0.2, 0) is 11.3 Å². The average Bonchev–Trinajstić information content (AvgIpc) is 3.11. The summed E-state index contributed by atoms with van der Waals surface area (Å²) in [5.74, 6) is 0.189. The van der Waals surface area contributed by atoms with Gasteiger partial charge in [0, 0.05) is 24.2 Å². The molecule has 0 bridgehead atoms. The average molecular weight is 330 g/mol. The molecule has 0 aliphatic carbocycles. The Morgan fingerprint density at radius 1 is 0.960 bits per heavy atom. The SMILES string of the molecule is O=C(Nc1cccc2ccccc12)C1CCN(Cc2ccccc2)C1. The summed E-state index contributed by atoms with van der Waals surface area (Å²) in [7, 11) is 0. The predicted octanol–water partition coefficient (Wildman–Crippen LogP) is 4.30. The number of carbonyl (C=O) groups is 1. The van der Waals surface area contributed by atoms with Gasteiger partial charge in [0.05, 0.1) is 5.92 Å². The Morgan fingerprint density at radius 2 is 1.72 bits per heavy atom. The van der Waals surface area contributed by atoms with Gasteiger partial charge in [-0.2, -0.15) is 0 Å². The van der Waals surface area contributed by atoms with Crippen LogP contribution in [0.15, 0.2) is 72.8 Å². The molecule has 1 heterocycles. The number of nitrogens with zero attached hydrogens (tertiary/aromatic N) is 1. The second kappa shape index (κ2) is 7.08. The van der Waals surface area contributed by atoms with E-state index in [-0.39, 0.29) is 11.8 Å². The lowest BCUT2D eigenvalue weighted by Gasteiger charge is -2.16. The molecule has 25 heavy (non-hydrogen) atoms. The van der Waals surface area contributed by atoms with Crippen LogP contribution in [0.4, 0.5) is 5.69 Å². The Kier molecular flexibility index (Phi) is 4.49. The van der Waals surface area contributed by atoms with Crippen molar-refractivity contribution in [2.24, 2.45) is 5.92 Å². The lowest BCUT2D eigenvalue weighted by Crippen LogP contribution is -2.27. The van der Waals surface area contributed by atoms with E-state index in [0.29, 0.717) is 0 Å². The van der Waals surface area contributed by atoms with Gasteiger partial charge in [0.25, 0.3) is 0 Å². The van der Waals surface area contributed by atoms with Crippen LogP contribution in [-0.4, -0.2) is 23.9 Å². The Balaban J connectivity index is 1.42. The van der Waals surface area contributed by atoms with Gasteiger partial charge in [-0.05, 0) is 30.0 Å². The monoisotopic (exact) mass is 330 g/mol. The molecular weight excluding hydrogens is 308 g/mol. The predicted molar refractivity (Wildman–Crippen MR) is 102 cm³/mol. The molecule has 1 aliphatic heterocycles. The van der Waals surface area contributed by atoms with E-state index in [0.717, 1.165) is 42.5 Å². The zero-order chi connectivity index (χ0) is 17.1. The van der Waals surface area contributed by atoms with Crippen molar-refractivity contribution in [3.05, 3.63) is 78.4 Å².